The van der Waals surface area contributed by atoms with E-state index >= 15 is 0 Å². The molecule has 35 heavy (non-hydrogen) atoms. The summed E-state index contributed by atoms with van der Waals surface area (Å²) in [5.41, 5.74) is 6.03. The van der Waals surface area contributed by atoms with Gasteiger partial charge in [-0.05, 0) is 55.3 Å². The van der Waals surface area contributed by atoms with Crippen LogP contribution in [0.4, 0.5) is 5.82 Å². The second kappa shape index (κ2) is 8.54. The van der Waals surface area contributed by atoms with E-state index in [0.717, 1.165) is 35.3 Å². The number of anilines is 1. The Balaban J connectivity index is 1.43. The number of pyridine rings is 1. The number of carbonyl (C=O) groups is 1. The normalized spacial score (nSPS) is 13.0. The van der Waals surface area contributed by atoms with Crippen molar-refractivity contribution in [1.29, 1.82) is 5.26 Å². The summed E-state index contributed by atoms with van der Waals surface area (Å²) < 4.78 is 2.03. The fourth-order valence-electron chi connectivity index (χ4n) is 4.09. The van der Waals surface area contributed by atoms with Gasteiger partial charge in [0.25, 0.3) is 5.91 Å². The summed E-state index contributed by atoms with van der Waals surface area (Å²) >= 11 is 0. The summed E-state index contributed by atoms with van der Waals surface area (Å²) in [5.74, 6) is 0.557. The molecule has 1 fully saturated rings. The van der Waals surface area contributed by atoms with Gasteiger partial charge < -0.3 is 10.6 Å². The van der Waals surface area contributed by atoms with Crippen LogP contribution in [0, 0.1) is 11.3 Å². The van der Waals surface area contributed by atoms with Crippen molar-refractivity contribution in [3.63, 3.8) is 0 Å². The minimum atomic E-state index is -0.0446. The average molecular weight is 460 g/mol. The molecule has 3 aromatic heterocycles. The van der Waals surface area contributed by atoms with Gasteiger partial charge in [0.05, 0.1) is 46.8 Å². The molecule has 5 aromatic rings. The number of carbonyl (C=O) groups excluding carboxylic acids is 1. The van der Waals surface area contributed by atoms with Gasteiger partial charge in [0.15, 0.2) is 11.5 Å². The number of fused-ring (bicyclic) bond motifs is 3. The zero-order valence-corrected chi connectivity index (χ0v) is 18.8. The molecule has 8 nitrogen and oxygen atoms in total. The lowest BCUT2D eigenvalue weighted by atomic mass is 10.1. The molecule has 3 heterocycles. The number of nitrogens with one attached hydrogen (secondary N) is 2. The topological polar surface area (TPSA) is 108 Å². The monoisotopic (exact) mass is 459 g/mol. The Morgan fingerprint density at radius 3 is 2.69 bits per heavy atom. The van der Waals surface area contributed by atoms with E-state index < -0.39 is 0 Å². The highest BCUT2D eigenvalue weighted by molar-refractivity contribution is 5.95. The first kappa shape index (κ1) is 20.8. The first-order valence-corrected chi connectivity index (χ1v) is 11.5. The summed E-state index contributed by atoms with van der Waals surface area (Å²) in [6.45, 7) is 0.486. The van der Waals surface area contributed by atoms with Crippen molar-refractivity contribution in [2.75, 3.05) is 5.32 Å². The van der Waals surface area contributed by atoms with Crippen LogP contribution in [0.1, 0.15) is 34.5 Å². The second-order valence-corrected chi connectivity index (χ2v) is 8.58. The van der Waals surface area contributed by atoms with Gasteiger partial charge in [-0.2, -0.15) is 5.26 Å². The molecular formula is C27H21N7O. The number of imidazole rings is 1. The van der Waals surface area contributed by atoms with Crippen molar-refractivity contribution in [1.82, 2.24) is 24.7 Å². The zero-order chi connectivity index (χ0) is 23.8. The molecule has 0 unspecified atom stereocenters. The van der Waals surface area contributed by atoms with E-state index in [0.29, 0.717) is 40.7 Å². The average Bonchev–Trinajstić information content (AvgIpc) is 3.61. The van der Waals surface area contributed by atoms with E-state index in [2.05, 4.69) is 26.7 Å². The predicted molar refractivity (Wildman–Crippen MR) is 133 cm³/mol. The molecule has 0 atom stereocenters. The predicted octanol–water partition coefficient (Wildman–Crippen LogP) is 4.32. The number of benzene rings is 2. The molecule has 0 aliphatic heterocycles. The van der Waals surface area contributed by atoms with E-state index in [1.165, 1.54) is 0 Å². The summed E-state index contributed by atoms with van der Waals surface area (Å²) in [5, 5.41) is 15.8. The highest BCUT2D eigenvalue weighted by atomic mass is 16.1. The van der Waals surface area contributed by atoms with Gasteiger partial charge in [-0.3, -0.25) is 14.2 Å². The van der Waals surface area contributed by atoms with Gasteiger partial charge >= 0.3 is 0 Å². The molecule has 1 amide bonds. The highest BCUT2D eigenvalue weighted by Crippen LogP contribution is 2.29. The third-order valence-electron chi connectivity index (χ3n) is 6.07. The van der Waals surface area contributed by atoms with Crippen LogP contribution in [-0.2, 0) is 6.54 Å². The van der Waals surface area contributed by atoms with Crippen molar-refractivity contribution >= 4 is 28.4 Å². The van der Waals surface area contributed by atoms with Gasteiger partial charge in [0.2, 0.25) is 0 Å². The van der Waals surface area contributed by atoms with Crippen LogP contribution in [0.3, 0.4) is 0 Å². The Kier molecular flexibility index (Phi) is 5.08. The fourth-order valence-corrected chi connectivity index (χ4v) is 4.09. The molecule has 0 saturated heterocycles. The van der Waals surface area contributed by atoms with E-state index in [1.807, 2.05) is 52.9 Å². The number of aromatic nitrogens is 4. The second-order valence-electron chi connectivity index (χ2n) is 8.58. The number of amides is 1. The molecule has 0 bridgehead atoms. The third kappa shape index (κ3) is 4.04. The Bertz CT molecular complexity index is 1600. The van der Waals surface area contributed by atoms with Crippen molar-refractivity contribution in [3.8, 4) is 17.3 Å². The Labute approximate surface area is 201 Å². The Hall–Kier alpha value is -4.77. The highest BCUT2D eigenvalue weighted by Gasteiger charge is 2.24. The molecular weight excluding hydrogens is 438 g/mol. The summed E-state index contributed by atoms with van der Waals surface area (Å²) in [7, 11) is 0. The van der Waals surface area contributed by atoms with Crippen molar-refractivity contribution in [3.05, 3.63) is 89.9 Å². The molecule has 0 spiro atoms. The SMILES string of the molecule is N#Cc1ccc2c(c1)nc(NCc1ccccn1)c1ncc(-c3ccc(C(=O)NC4CC4)cc3)n12. The van der Waals surface area contributed by atoms with E-state index in [1.54, 1.807) is 24.5 Å². The Morgan fingerprint density at radius 1 is 1.09 bits per heavy atom. The van der Waals surface area contributed by atoms with E-state index in [-0.39, 0.29) is 5.91 Å². The van der Waals surface area contributed by atoms with E-state index in [4.69, 9.17) is 4.98 Å². The van der Waals surface area contributed by atoms with Crippen molar-refractivity contribution in [2.45, 2.75) is 25.4 Å². The quantitative estimate of drug-likeness (QED) is 0.392. The smallest absolute Gasteiger partial charge is 0.251 e. The molecule has 1 saturated carbocycles. The summed E-state index contributed by atoms with van der Waals surface area (Å²) in [4.78, 5) is 26.2. The van der Waals surface area contributed by atoms with Crippen LogP contribution >= 0.6 is 0 Å². The third-order valence-corrected chi connectivity index (χ3v) is 6.07. The maximum absolute atomic E-state index is 12.4. The van der Waals surface area contributed by atoms with Crippen LogP contribution in [0.2, 0.25) is 0 Å². The molecule has 8 heteroatoms. The summed E-state index contributed by atoms with van der Waals surface area (Å²) in [6.07, 6.45) is 5.66. The minimum absolute atomic E-state index is 0.0446. The van der Waals surface area contributed by atoms with Gasteiger partial charge in [-0.25, -0.2) is 9.97 Å². The molecule has 1 aliphatic rings. The molecule has 1 aliphatic carbocycles. The number of hydrogen-bond donors (Lipinski definition) is 2. The number of hydrogen-bond acceptors (Lipinski definition) is 6. The largest absolute Gasteiger partial charge is 0.361 e. The molecule has 0 radical (unpaired) electrons. The molecule has 2 aromatic carbocycles. The molecule has 2 N–H and O–H groups in total. The van der Waals surface area contributed by atoms with Crippen molar-refractivity contribution in [2.24, 2.45) is 0 Å². The lowest BCUT2D eigenvalue weighted by Crippen LogP contribution is -2.25. The van der Waals surface area contributed by atoms with Gasteiger partial charge in [0, 0.05) is 23.4 Å². The lowest BCUT2D eigenvalue weighted by molar-refractivity contribution is 0.0951. The zero-order valence-electron chi connectivity index (χ0n) is 18.8. The van der Waals surface area contributed by atoms with Crippen LogP contribution in [0.5, 0.6) is 0 Å². The number of nitriles is 1. The van der Waals surface area contributed by atoms with Crippen LogP contribution in [-0.4, -0.2) is 31.3 Å². The number of rotatable bonds is 6. The van der Waals surface area contributed by atoms with Gasteiger partial charge in [-0.15, -0.1) is 0 Å². The van der Waals surface area contributed by atoms with Gasteiger partial charge in [0.1, 0.15) is 0 Å². The van der Waals surface area contributed by atoms with Crippen LogP contribution < -0.4 is 10.6 Å². The van der Waals surface area contributed by atoms with Crippen LogP contribution in [0.25, 0.3) is 27.9 Å². The maximum atomic E-state index is 12.4. The standard InChI is InChI=1S/C27H21N7O/c28-14-17-4-11-23-22(13-17)33-25(30-15-21-3-1-2-12-29-21)26-31-16-24(34(23)26)18-5-7-19(8-6-18)27(35)32-20-9-10-20/h1-8,11-13,16,20H,9-10,15H2,(H,30,33)(H,32,35). The Morgan fingerprint density at radius 2 is 1.94 bits per heavy atom. The van der Waals surface area contributed by atoms with E-state index in [9.17, 15) is 10.1 Å². The molecule has 170 valence electrons. The first-order valence-electron chi connectivity index (χ1n) is 11.5. The lowest BCUT2D eigenvalue weighted by Gasteiger charge is -2.12. The minimum Gasteiger partial charge on any atom is -0.361 e. The maximum Gasteiger partial charge on any atom is 0.251 e. The van der Waals surface area contributed by atoms with Crippen LogP contribution in [0.15, 0.2) is 73.1 Å². The number of nitrogens with zero attached hydrogens (tertiary/aromatic N) is 5. The van der Waals surface area contributed by atoms with Crippen molar-refractivity contribution < 1.29 is 4.79 Å². The molecule has 6 rings (SSSR count). The summed E-state index contributed by atoms with van der Waals surface area (Å²) in [6, 6.07) is 21.2. The first-order chi connectivity index (χ1) is 17.2. The fraction of sp³-hybridized carbons (Fsp3) is 0.148. The van der Waals surface area contributed by atoms with Gasteiger partial charge in [-0.1, -0.05) is 18.2 Å².